The molecule has 0 saturated carbocycles. The number of rotatable bonds is 10. The number of ether oxygens (including phenoxy) is 1. The number of carboxylic acid groups (broad SMARTS) is 1. The molecule has 8 nitrogen and oxygen atoms in total. The average Bonchev–Trinajstić information content (AvgIpc) is 3.01. The Morgan fingerprint density at radius 2 is 1.34 bits per heavy atom. The first-order valence-corrected chi connectivity index (χ1v) is 13.3. The molecular formula is C35H45FN2O6. The predicted molar refractivity (Wildman–Crippen MR) is 172 cm³/mol. The van der Waals surface area contributed by atoms with Gasteiger partial charge in [-0.05, 0) is 47.7 Å². The highest BCUT2D eigenvalue weighted by Gasteiger charge is 2.11. The molecule has 0 aliphatic carbocycles. The van der Waals surface area contributed by atoms with Crippen molar-refractivity contribution >= 4 is 11.9 Å². The van der Waals surface area contributed by atoms with Crippen LogP contribution in [0.2, 0.25) is 0 Å². The van der Waals surface area contributed by atoms with Crippen LogP contribution in [0, 0.1) is 5.82 Å². The van der Waals surface area contributed by atoms with Crippen LogP contribution in [0.5, 0.6) is 5.75 Å². The van der Waals surface area contributed by atoms with Crippen LogP contribution >= 0.6 is 0 Å². The summed E-state index contributed by atoms with van der Waals surface area (Å²) in [6.07, 6.45) is 0.855. The quantitative estimate of drug-likeness (QED) is 0.110. The fraction of sp³-hybridized carbons (Fsp3) is 0.257. The van der Waals surface area contributed by atoms with Crippen molar-refractivity contribution in [3.63, 3.8) is 0 Å². The Morgan fingerprint density at radius 1 is 0.818 bits per heavy atom. The zero-order valence-electron chi connectivity index (χ0n) is 23.7. The van der Waals surface area contributed by atoms with Crippen molar-refractivity contribution in [2.45, 2.75) is 60.7 Å². The maximum atomic E-state index is 13.9. The van der Waals surface area contributed by atoms with Gasteiger partial charge in [-0.25, -0.2) is 15.8 Å². The highest BCUT2D eigenvalue weighted by atomic mass is 19.1. The van der Waals surface area contributed by atoms with E-state index in [1.165, 1.54) is 11.6 Å². The molecule has 44 heavy (non-hydrogen) atoms. The summed E-state index contributed by atoms with van der Waals surface area (Å²) in [7, 11) is 0. The average molecular weight is 609 g/mol. The molecule has 0 aliphatic rings. The first-order chi connectivity index (χ1) is 20.2. The van der Waals surface area contributed by atoms with Crippen LogP contribution in [0.1, 0.15) is 62.6 Å². The van der Waals surface area contributed by atoms with E-state index in [1.54, 1.807) is 36.7 Å². The van der Waals surface area contributed by atoms with Crippen molar-refractivity contribution in [1.29, 1.82) is 0 Å². The standard InChI is InChI=1S/C17H20FNO2.C8H9NO2.C8H8O2.2CH4/c1-3-13-4-6-14(7-5-13)11-20-15-8-9-16(12(2)21-19)17(18)10-15;10-8(9-11)6-7-4-2-1-3-5-7;9-8(10)6-7-4-2-1-3-5-7;;/h4-10,12H,3,11,19H2,1-2H3;1-5,11H,6H2,(H,9,10);1-5H,6H2,(H,9,10);2*1H4. The number of halogens is 1. The van der Waals surface area contributed by atoms with Gasteiger partial charge in [0.05, 0.1) is 12.8 Å². The Hall–Kier alpha value is -4.57. The molecule has 4 rings (SSSR count). The molecule has 0 bridgehead atoms. The van der Waals surface area contributed by atoms with Gasteiger partial charge < -0.3 is 9.84 Å². The van der Waals surface area contributed by atoms with Gasteiger partial charge in [0.1, 0.15) is 24.3 Å². The van der Waals surface area contributed by atoms with Crippen molar-refractivity contribution in [2.75, 3.05) is 0 Å². The molecule has 0 radical (unpaired) electrons. The summed E-state index contributed by atoms with van der Waals surface area (Å²) >= 11 is 0. The van der Waals surface area contributed by atoms with E-state index in [-0.39, 0.29) is 33.5 Å². The van der Waals surface area contributed by atoms with Crippen LogP contribution in [0.15, 0.2) is 103 Å². The number of nitrogens with one attached hydrogen (secondary N) is 1. The first-order valence-electron chi connectivity index (χ1n) is 13.3. The van der Waals surface area contributed by atoms with Crippen LogP contribution in [0.3, 0.4) is 0 Å². The van der Waals surface area contributed by atoms with Gasteiger partial charge in [-0.3, -0.25) is 19.6 Å². The number of hydrogen-bond acceptors (Lipinski definition) is 6. The zero-order chi connectivity index (χ0) is 30.7. The van der Waals surface area contributed by atoms with Gasteiger partial charge in [-0.1, -0.05) is 107 Å². The molecule has 1 amide bonds. The minimum atomic E-state index is -0.786. The molecule has 5 N–H and O–H groups in total. The van der Waals surface area contributed by atoms with Crippen LogP contribution in [0.25, 0.3) is 0 Å². The summed E-state index contributed by atoms with van der Waals surface area (Å²) < 4.78 is 19.5. The Bertz CT molecular complexity index is 1350. The number of aryl methyl sites for hydroxylation is 1. The van der Waals surface area contributed by atoms with Gasteiger partial charge in [0.2, 0.25) is 5.91 Å². The van der Waals surface area contributed by atoms with Crippen molar-refractivity contribution in [3.05, 3.63) is 137 Å². The summed E-state index contributed by atoms with van der Waals surface area (Å²) in [5.74, 6) is 4.00. The number of nitrogens with two attached hydrogens (primary N) is 1. The third kappa shape index (κ3) is 15.1. The Kier molecular flexibility index (Phi) is 19.7. The van der Waals surface area contributed by atoms with Crippen LogP contribution in [0.4, 0.5) is 4.39 Å². The number of aliphatic carboxylic acids is 1. The van der Waals surface area contributed by atoms with E-state index < -0.39 is 18.0 Å². The number of hydrogen-bond donors (Lipinski definition) is 4. The molecule has 9 heteroatoms. The van der Waals surface area contributed by atoms with Gasteiger partial charge in [0.15, 0.2) is 0 Å². The second-order valence-corrected chi connectivity index (χ2v) is 9.17. The maximum absolute atomic E-state index is 13.9. The van der Waals surface area contributed by atoms with Crippen LogP contribution in [-0.4, -0.2) is 22.2 Å². The highest BCUT2D eigenvalue weighted by Crippen LogP contribution is 2.23. The van der Waals surface area contributed by atoms with E-state index in [1.807, 2.05) is 60.7 Å². The molecule has 238 valence electrons. The second-order valence-electron chi connectivity index (χ2n) is 9.17. The van der Waals surface area contributed by atoms with Gasteiger partial charge in [0, 0.05) is 11.6 Å². The summed E-state index contributed by atoms with van der Waals surface area (Å²) in [6.45, 7) is 4.21. The fourth-order valence-electron chi connectivity index (χ4n) is 3.63. The van der Waals surface area contributed by atoms with E-state index in [9.17, 15) is 14.0 Å². The van der Waals surface area contributed by atoms with Gasteiger partial charge in [0.25, 0.3) is 0 Å². The molecule has 1 unspecified atom stereocenters. The minimum Gasteiger partial charge on any atom is -0.489 e. The topological polar surface area (TPSA) is 131 Å². The van der Waals surface area contributed by atoms with Crippen LogP contribution < -0.4 is 16.1 Å². The third-order valence-corrected chi connectivity index (χ3v) is 5.98. The molecule has 0 fully saturated rings. The van der Waals surface area contributed by atoms with E-state index >= 15 is 0 Å². The normalized spacial score (nSPS) is 10.2. The molecule has 4 aromatic rings. The predicted octanol–water partition coefficient (Wildman–Crippen LogP) is 7.24. The number of carbonyl (C=O) groups excluding carboxylic acids is 1. The van der Waals surface area contributed by atoms with Gasteiger partial charge in [-0.15, -0.1) is 0 Å². The lowest BCUT2D eigenvalue weighted by atomic mass is 10.1. The monoisotopic (exact) mass is 608 g/mol. The van der Waals surface area contributed by atoms with Crippen LogP contribution in [-0.2, 0) is 40.3 Å². The minimum absolute atomic E-state index is 0. The van der Waals surface area contributed by atoms with Gasteiger partial charge in [-0.2, -0.15) is 0 Å². The van der Waals surface area contributed by atoms with Crippen molar-refractivity contribution in [3.8, 4) is 5.75 Å². The number of benzene rings is 4. The third-order valence-electron chi connectivity index (χ3n) is 5.98. The Morgan fingerprint density at radius 3 is 1.80 bits per heavy atom. The number of hydroxylamine groups is 1. The van der Waals surface area contributed by atoms with Gasteiger partial charge >= 0.3 is 5.97 Å². The lowest BCUT2D eigenvalue weighted by molar-refractivity contribution is -0.136. The summed E-state index contributed by atoms with van der Waals surface area (Å²) in [4.78, 5) is 25.4. The van der Waals surface area contributed by atoms with E-state index in [0.717, 1.165) is 23.1 Å². The molecular weight excluding hydrogens is 563 g/mol. The summed E-state index contributed by atoms with van der Waals surface area (Å²) in [6, 6.07) is 31.2. The molecule has 4 aromatic carbocycles. The molecule has 0 aromatic heterocycles. The lowest BCUT2D eigenvalue weighted by Gasteiger charge is -2.12. The summed E-state index contributed by atoms with van der Waals surface area (Å²) in [5.41, 5.74) is 6.05. The molecule has 0 spiro atoms. The van der Waals surface area contributed by atoms with Crippen molar-refractivity contribution in [1.82, 2.24) is 5.48 Å². The number of amides is 1. The molecule has 0 aliphatic heterocycles. The maximum Gasteiger partial charge on any atom is 0.307 e. The fourth-order valence-corrected chi connectivity index (χ4v) is 3.63. The highest BCUT2D eigenvalue weighted by molar-refractivity contribution is 5.77. The smallest absolute Gasteiger partial charge is 0.307 e. The molecule has 0 heterocycles. The number of carbonyl (C=O) groups is 2. The molecule has 1 atom stereocenters. The Balaban J connectivity index is 0.000000681. The zero-order valence-corrected chi connectivity index (χ0v) is 23.7. The van der Waals surface area contributed by atoms with E-state index in [0.29, 0.717) is 17.9 Å². The van der Waals surface area contributed by atoms with E-state index in [4.69, 9.17) is 20.9 Å². The van der Waals surface area contributed by atoms with Crippen molar-refractivity contribution < 1.29 is 33.9 Å². The first kappa shape index (κ1) is 39.4. The second kappa shape index (κ2) is 22.0. The van der Waals surface area contributed by atoms with Crippen molar-refractivity contribution in [2.24, 2.45) is 5.90 Å². The SMILES string of the molecule is C.C.CCc1ccc(COc2ccc(C(C)ON)c(F)c2)cc1.O=C(Cc1ccccc1)NO.O=C(O)Cc1ccccc1. The largest absolute Gasteiger partial charge is 0.489 e. The summed E-state index contributed by atoms with van der Waals surface area (Å²) in [5, 5.41) is 16.6. The Labute approximate surface area is 260 Å². The molecule has 0 saturated heterocycles. The van der Waals surface area contributed by atoms with E-state index in [2.05, 4.69) is 23.9 Å². The lowest BCUT2D eigenvalue weighted by Crippen LogP contribution is -2.20. The number of carboxylic acids is 1.